The second-order valence-electron chi connectivity index (χ2n) is 0.500. The predicted molar refractivity (Wildman–Crippen MR) is 11.5 cm³/mol. The molecule has 0 amide bonds. The van der Waals surface area contributed by atoms with Crippen LogP contribution < -0.4 is 19.2 Å². The molecule has 0 aliphatic heterocycles. The van der Waals surface area contributed by atoms with Crippen molar-refractivity contribution in [1.82, 2.24) is 0 Å². The first-order chi connectivity index (χ1) is 2.00. The molecule has 0 rings (SSSR count). The van der Waals surface area contributed by atoms with Crippen molar-refractivity contribution in [2.45, 2.75) is 0 Å². The third-order valence-electron chi connectivity index (χ3n) is 0. The summed E-state index contributed by atoms with van der Waals surface area (Å²) in [6.07, 6.45) is 0. The normalized spacial score (nSPS) is 8.57. The van der Waals surface area contributed by atoms with E-state index in [1.54, 1.807) is 0 Å². The van der Waals surface area contributed by atoms with Gasteiger partial charge < -0.3 is 28.2 Å². The quantitative estimate of drug-likeness (QED) is 0.400. The van der Waals surface area contributed by atoms with Gasteiger partial charge in [0.1, 0.15) is 0 Å². The fraction of sp³-hybridized carbons (Fsp3) is 0. The minimum atomic E-state index is -5.61. The Balaban J connectivity index is -0.0000000800. The minimum absolute atomic E-state index is 0. The molecule has 0 N–H and O–H groups in total. The number of hydrogen-bond acceptors (Lipinski definition) is 4. The average molecular weight is 366 g/mol. The largest absolute Gasteiger partial charge is 3.00 e. The van der Waals surface area contributed by atoms with Gasteiger partial charge in [-0.05, 0) is 0 Å². The van der Waals surface area contributed by atoms with E-state index >= 15 is 0 Å². The molecule has 4 nitrogen and oxygen atoms in total. The maximum atomic E-state index is 8.58. The van der Waals surface area contributed by atoms with E-state index < -0.39 is 9.05 Å². The first kappa shape index (κ1) is 15.8. The molecule has 0 aromatic carbocycles. The Morgan fingerprint density at radius 1 is 0.857 bits per heavy atom. The maximum absolute atomic E-state index is 8.58. The Labute approximate surface area is 73.6 Å². The molecule has 0 aromatic rings. The van der Waals surface area contributed by atoms with Gasteiger partial charge in [0.2, 0.25) is 0 Å². The second-order valence-corrected chi connectivity index (χ2v) is 1.50. The van der Waals surface area contributed by atoms with Crippen LogP contribution >= 0.6 is 0 Å². The predicted octanol–water partition coefficient (Wildman–Crippen LogP) is -5.52. The van der Waals surface area contributed by atoms with E-state index in [1.807, 2.05) is 0 Å². The third-order valence-corrected chi connectivity index (χ3v) is 0. The molecular formula is BiO4SiZn+. The molecule has 2 radical (unpaired) electrons. The van der Waals surface area contributed by atoms with Crippen LogP contribution in [0.2, 0.25) is 0 Å². The van der Waals surface area contributed by atoms with Crippen molar-refractivity contribution < 1.29 is 38.7 Å². The second kappa shape index (κ2) is 5.70. The molecule has 0 aromatic heterocycles. The van der Waals surface area contributed by atoms with Crippen LogP contribution in [-0.4, -0.2) is 35.3 Å². The van der Waals surface area contributed by atoms with Crippen LogP contribution in [0.3, 0.4) is 0 Å². The number of rotatable bonds is 0. The van der Waals surface area contributed by atoms with Gasteiger partial charge in [-0.25, -0.2) is 0 Å². The van der Waals surface area contributed by atoms with E-state index in [0.717, 1.165) is 0 Å². The molecule has 0 saturated carbocycles. The summed E-state index contributed by atoms with van der Waals surface area (Å²) in [7, 11) is -5.61. The van der Waals surface area contributed by atoms with Crippen LogP contribution in [0.4, 0.5) is 0 Å². The van der Waals surface area contributed by atoms with Gasteiger partial charge in [-0.1, -0.05) is 0 Å². The smallest absolute Gasteiger partial charge is 0.894 e. The summed E-state index contributed by atoms with van der Waals surface area (Å²) < 4.78 is 0. The summed E-state index contributed by atoms with van der Waals surface area (Å²) in [5.41, 5.74) is 0. The van der Waals surface area contributed by atoms with E-state index in [2.05, 4.69) is 0 Å². The zero-order chi connectivity index (χ0) is 4.50. The summed E-state index contributed by atoms with van der Waals surface area (Å²) in [6.45, 7) is 0. The van der Waals surface area contributed by atoms with Crippen LogP contribution in [-0.2, 0) is 19.5 Å². The van der Waals surface area contributed by atoms with Crippen molar-refractivity contribution in [1.29, 1.82) is 0 Å². The van der Waals surface area contributed by atoms with Gasteiger partial charge in [-0.2, -0.15) is 0 Å². The molecule has 0 atom stereocenters. The Morgan fingerprint density at radius 2 is 0.857 bits per heavy atom. The van der Waals surface area contributed by atoms with E-state index in [9.17, 15) is 0 Å². The Bertz CT molecular complexity index is 27.2. The summed E-state index contributed by atoms with van der Waals surface area (Å²) in [5, 5.41) is 0. The van der Waals surface area contributed by atoms with Gasteiger partial charge in [0.15, 0.2) is 0 Å². The van der Waals surface area contributed by atoms with Crippen LogP contribution in [0.25, 0.3) is 0 Å². The fourth-order valence-corrected chi connectivity index (χ4v) is 0. The molecular weight excluding hydrogens is 366 g/mol. The molecule has 0 fully saturated rings. The third kappa shape index (κ3) is 95.8. The van der Waals surface area contributed by atoms with Gasteiger partial charge in [0.05, 0.1) is 0 Å². The summed E-state index contributed by atoms with van der Waals surface area (Å²) in [4.78, 5) is 34.3. The van der Waals surface area contributed by atoms with Gasteiger partial charge in [-0.3, -0.25) is 0 Å². The summed E-state index contributed by atoms with van der Waals surface area (Å²) in [6, 6.07) is 0. The Kier molecular flexibility index (Phi) is 12.9. The van der Waals surface area contributed by atoms with Gasteiger partial charge in [0.25, 0.3) is 0 Å². The van der Waals surface area contributed by atoms with Crippen molar-refractivity contribution in [3.05, 3.63) is 0 Å². The summed E-state index contributed by atoms with van der Waals surface area (Å²) in [5.74, 6) is 0. The van der Waals surface area contributed by atoms with E-state index in [-0.39, 0.29) is 45.7 Å². The molecule has 0 aliphatic carbocycles. The molecule has 0 aliphatic rings. The zero-order valence-electron chi connectivity index (χ0n) is 3.29. The first-order valence-electron chi connectivity index (χ1n) is 0.816. The monoisotopic (exact) mass is 365 g/mol. The summed E-state index contributed by atoms with van der Waals surface area (Å²) >= 11 is 0. The number of hydrogen-bond donors (Lipinski definition) is 0. The van der Waals surface area contributed by atoms with Crippen molar-refractivity contribution in [2.24, 2.45) is 0 Å². The van der Waals surface area contributed by atoms with Crippen molar-refractivity contribution in [3.63, 3.8) is 0 Å². The molecule has 0 heterocycles. The molecule has 0 spiro atoms. The molecule has 7 heavy (non-hydrogen) atoms. The van der Waals surface area contributed by atoms with Crippen molar-refractivity contribution >= 4 is 35.3 Å². The SMILES string of the molecule is [Bi+3].[O-][Si]([O-])([O-])[O-].[Zn+2]. The van der Waals surface area contributed by atoms with Crippen LogP contribution in [0.5, 0.6) is 0 Å². The molecule has 0 bridgehead atoms. The first-order valence-corrected chi connectivity index (χ1v) is 2.45. The van der Waals surface area contributed by atoms with Gasteiger partial charge >= 0.3 is 45.7 Å². The van der Waals surface area contributed by atoms with Crippen LogP contribution in [0.15, 0.2) is 0 Å². The van der Waals surface area contributed by atoms with Crippen LogP contribution in [0.1, 0.15) is 0 Å². The van der Waals surface area contributed by atoms with E-state index in [4.69, 9.17) is 19.2 Å². The van der Waals surface area contributed by atoms with Crippen LogP contribution in [0, 0.1) is 0 Å². The molecule has 0 unspecified atom stereocenters. The molecule has 7 heteroatoms. The average Bonchev–Trinajstić information content (AvgIpc) is 0.722. The molecule has 34 valence electrons. The van der Waals surface area contributed by atoms with E-state index in [0.29, 0.717) is 0 Å². The van der Waals surface area contributed by atoms with Gasteiger partial charge in [0, 0.05) is 0 Å². The fourth-order valence-electron chi connectivity index (χ4n) is 0. The Morgan fingerprint density at radius 3 is 0.857 bits per heavy atom. The molecule has 0 saturated heterocycles. The topological polar surface area (TPSA) is 92.2 Å². The van der Waals surface area contributed by atoms with Gasteiger partial charge in [-0.15, -0.1) is 0 Å². The van der Waals surface area contributed by atoms with E-state index in [1.165, 1.54) is 0 Å². The minimum Gasteiger partial charge on any atom is -0.894 e. The zero-order valence-corrected chi connectivity index (χ0v) is 10.7. The van der Waals surface area contributed by atoms with Crippen molar-refractivity contribution in [3.8, 4) is 0 Å². The standard InChI is InChI=1S/Bi.O4Si.Zn/c;1-5(2,3)4;/q+3;-4;+2. The maximum Gasteiger partial charge on any atom is 3.00 e. The Hall–Kier alpha value is 1.56. The van der Waals surface area contributed by atoms with Crippen molar-refractivity contribution in [2.75, 3.05) is 0 Å².